The van der Waals surface area contributed by atoms with Gasteiger partial charge in [0.15, 0.2) is 0 Å². The van der Waals surface area contributed by atoms with Gasteiger partial charge in [-0.2, -0.15) is 0 Å². The van der Waals surface area contributed by atoms with Crippen LogP contribution in [0.25, 0.3) is 11.0 Å². The maximum atomic E-state index is 13.3. The molecular weight excluding hydrogens is 293 g/mol. The average Bonchev–Trinajstić information content (AvgIpc) is 2.75. The molecule has 0 aliphatic heterocycles. The van der Waals surface area contributed by atoms with Crippen LogP contribution in [-0.2, 0) is 17.7 Å². The minimum atomic E-state index is -0.271. The van der Waals surface area contributed by atoms with Crippen LogP contribution in [0.1, 0.15) is 5.82 Å². The minimum Gasteiger partial charge on any atom is -0.378 e. The number of ether oxygens (including phenoxy) is 1. The van der Waals surface area contributed by atoms with Crippen LogP contribution in [0.4, 0.5) is 4.39 Å². The molecule has 4 nitrogen and oxygen atoms in total. The number of aromatic nitrogens is 2. The summed E-state index contributed by atoms with van der Waals surface area (Å²) in [6.45, 7) is 2.89. The zero-order valence-electron chi connectivity index (χ0n) is 12.5. The van der Waals surface area contributed by atoms with Gasteiger partial charge in [-0.05, 0) is 26.2 Å². The summed E-state index contributed by atoms with van der Waals surface area (Å²) in [6, 6.07) is 4.67. The smallest absolute Gasteiger partial charge is 0.125 e. The third-order valence-electron chi connectivity index (χ3n) is 3.25. The molecule has 1 heterocycles. The first-order chi connectivity index (χ1) is 10.1. The Bertz CT molecular complexity index is 586. The zero-order valence-corrected chi connectivity index (χ0v) is 13.2. The van der Waals surface area contributed by atoms with E-state index in [9.17, 15) is 4.39 Å². The first kappa shape index (κ1) is 16.2. The lowest BCUT2D eigenvalue weighted by molar-refractivity contribution is 0.111. The van der Waals surface area contributed by atoms with Crippen LogP contribution < -0.4 is 0 Å². The van der Waals surface area contributed by atoms with Crippen LogP contribution in [0.2, 0.25) is 0 Å². The maximum Gasteiger partial charge on any atom is 0.125 e. The van der Waals surface area contributed by atoms with Gasteiger partial charge in [0.2, 0.25) is 0 Å². The number of hydrogen-bond acceptors (Lipinski definition) is 3. The summed E-state index contributed by atoms with van der Waals surface area (Å²) in [5.74, 6) is 1.10. The monoisotopic (exact) mass is 313 g/mol. The fourth-order valence-electron chi connectivity index (χ4n) is 2.18. The molecule has 0 saturated heterocycles. The van der Waals surface area contributed by atoms with Crippen molar-refractivity contribution in [3.05, 3.63) is 29.8 Å². The van der Waals surface area contributed by atoms with Crippen LogP contribution in [0.15, 0.2) is 18.2 Å². The van der Waals surface area contributed by atoms with Gasteiger partial charge in [-0.1, -0.05) is 0 Å². The second-order valence-electron chi connectivity index (χ2n) is 5.17. The van der Waals surface area contributed by atoms with Crippen LogP contribution in [-0.4, -0.2) is 54.2 Å². The highest BCUT2D eigenvalue weighted by Crippen LogP contribution is 2.18. The molecule has 0 radical (unpaired) electrons. The number of nitrogens with zero attached hydrogens (tertiary/aromatic N) is 3. The normalized spacial score (nSPS) is 11.7. The van der Waals surface area contributed by atoms with E-state index in [4.69, 9.17) is 16.3 Å². The molecule has 0 aliphatic rings. The van der Waals surface area contributed by atoms with Gasteiger partial charge in [-0.15, -0.1) is 11.6 Å². The van der Waals surface area contributed by atoms with E-state index < -0.39 is 0 Å². The molecule has 0 bridgehead atoms. The van der Waals surface area contributed by atoms with Crippen molar-refractivity contribution in [1.29, 1.82) is 0 Å². The van der Waals surface area contributed by atoms with Gasteiger partial charge in [0.1, 0.15) is 11.6 Å². The predicted octanol–water partition coefficient (Wildman–Crippen LogP) is 2.53. The van der Waals surface area contributed by atoms with Crippen molar-refractivity contribution in [2.24, 2.45) is 0 Å². The molecule has 2 rings (SSSR count). The molecule has 116 valence electrons. The molecule has 6 heteroatoms. The maximum absolute atomic E-state index is 13.3. The lowest BCUT2D eigenvalue weighted by Crippen LogP contribution is -2.19. The van der Waals surface area contributed by atoms with E-state index in [2.05, 4.69) is 14.5 Å². The van der Waals surface area contributed by atoms with E-state index in [1.54, 1.807) is 6.07 Å². The summed E-state index contributed by atoms with van der Waals surface area (Å²) in [6.07, 6.45) is 0.662. The molecule has 2 aromatic rings. The highest BCUT2D eigenvalue weighted by Gasteiger charge is 2.10. The number of halogens is 2. The van der Waals surface area contributed by atoms with Crippen molar-refractivity contribution < 1.29 is 9.13 Å². The van der Waals surface area contributed by atoms with E-state index in [1.807, 2.05) is 14.1 Å². The molecule has 0 fully saturated rings. The van der Waals surface area contributed by atoms with Gasteiger partial charge in [-0.25, -0.2) is 9.37 Å². The van der Waals surface area contributed by atoms with Crippen molar-refractivity contribution >= 4 is 22.6 Å². The number of aryl methyl sites for hydroxylation is 1. The van der Waals surface area contributed by atoms with Crippen molar-refractivity contribution in [2.45, 2.75) is 13.0 Å². The van der Waals surface area contributed by atoms with E-state index in [0.717, 1.165) is 17.9 Å². The van der Waals surface area contributed by atoms with E-state index in [1.165, 1.54) is 12.1 Å². The summed E-state index contributed by atoms with van der Waals surface area (Å²) in [7, 11) is 4.03. The van der Waals surface area contributed by atoms with Gasteiger partial charge in [0.05, 0.1) is 24.2 Å². The molecular formula is C15H21ClFN3O. The Morgan fingerprint density at radius 1 is 1.33 bits per heavy atom. The Hall–Kier alpha value is -1.17. The second-order valence-corrected chi connectivity index (χ2v) is 5.55. The molecule has 0 amide bonds. The Balaban J connectivity index is 2.07. The summed E-state index contributed by atoms with van der Waals surface area (Å²) in [4.78, 5) is 6.54. The number of hydrogen-bond donors (Lipinski definition) is 0. The van der Waals surface area contributed by atoms with Crippen LogP contribution in [0.3, 0.4) is 0 Å². The van der Waals surface area contributed by atoms with Crippen molar-refractivity contribution in [3.8, 4) is 0 Å². The molecule has 0 aliphatic carbocycles. The first-order valence-corrected chi connectivity index (χ1v) is 7.58. The summed E-state index contributed by atoms with van der Waals surface area (Å²) in [5.41, 5.74) is 1.59. The Morgan fingerprint density at radius 2 is 2.14 bits per heavy atom. The quantitative estimate of drug-likeness (QED) is 0.554. The van der Waals surface area contributed by atoms with Crippen LogP contribution in [0.5, 0.6) is 0 Å². The number of alkyl halides is 1. The fraction of sp³-hybridized carbons (Fsp3) is 0.533. The zero-order chi connectivity index (χ0) is 15.2. The fourth-order valence-corrected chi connectivity index (χ4v) is 2.35. The topological polar surface area (TPSA) is 30.3 Å². The van der Waals surface area contributed by atoms with E-state index >= 15 is 0 Å². The highest BCUT2D eigenvalue weighted by molar-refractivity contribution is 6.17. The summed E-state index contributed by atoms with van der Waals surface area (Å²) >= 11 is 5.82. The SMILES string of the molecule is CN(C)CCOCCn1c(CCCl)nc2cc(F)ccc21. The number of rotatable bonds is 8. The predicted molar refractivity (Wildman–Crippen MR) is 83.5 cm³/mol. The molecule has 1 aromatic carbocycles. The van der Waals surface area contributed by atoms with Crippen LogP contribution >= 0.6 is 11.6 Å². The molecule has 0 spiro atoms. The van der Waals surface area contributed by atoms with Gasteiger partial charge in [0, 0.05) is 31.5 Å². The number of likely N-dealkylation sites (N-methyl/N-ethyl adjacent to an activating group) is 1. The Morgan fingerprint density at radius 3 is 2.86 bits per heavy atom. The van der Waals surface area contributed by atoms with Gasteiger partial charge in [0.25, 0.3) is 0 Å². The molecule has 21 heavy (non-hydrogen) atoms. The minimum absolute atomic E-state index is 0.271. The van der Waals surface area contributed by atoms with Crippen molar-refractivity contribution in [3.63, 3.8) is 0 Å². The van der Waals surface area contributed by atoms with E-state index in [-0.39, 0.29) is 5.82 Å². The number of imidazole rings is 1. The number of benzene rings is 1. The van der Waals surface area contributed by atoms with Gasteiger partial charge < -0.3 is 14.2 Å². The molecule has 0 N–H and O–H groups in total. The Kier molecular flexibility index (Phi) is 5.96. The van der Waals surface area contributed by atoms with Crippen molar-refractivity contribution in [1.82, 2.24) is 14.5 Å². The first-order valence-electron chi connectivity index (χ1n) is 7.05. The largest absolute Gasteiger partial charge is 0.378 e. The molecule has 0 unspecified atom stereocenters. The summed E-state index contributed by atoms with van der Waals surface area (Å²) in [5, 5.41) is 0. The lowest BCUT2D eigenvalue weighted by atomic mass is 10.3. The van der Waals surface area contributed by atoms with Crippen LogP contribution in [0, 0.1) is 5.82 Å². The highest BCUT2D eigenvalue weighted by atomic mass is 35.5. The Labute approximate surface area is 129 Å². The summed E-state index contributed by atoms with van der Waals surface area (Å²) < 4.78 is 21.0. The molecule has 0 atom stereocenters. The standard InChI is InChI=1S/C15H21ClFN3O/c1-19(2)7-9-21-10-8-20-14-4-3-12(17)11-13(14)18-15(20)5-6-16/h3-4,11H,5-10H2,1-2H3. The number of fused-ring (bicyclic) bond motifs is 1. The average molecular weight is 314 g/mol. The molecule has 1 aromatic heterocycles. The van der Waals surface area contributed by atoms with Crippen molar-refractivity contribution in [2.75, 3.05) is 39.7 Å². The van der Waals surface area contributed by atoms with Gasteiger partial charge >= 0.3 is 0 Å². The van der Waals surface area contributed by atoms with Gasteiger partial charge in [-0.3, -0.25) is 0 Å². The third-order valence-corrected chi connectivity index (χ3v) is 3.44. The second kappa shape index (κ2) is 7.73. The molecule has 0 saturated carbocycles. The third kappa shape index (κ3) is 4.40. The lowest BCUT2D eigenvalue weighted by Gasteiger charge is -2.11. The van der Waals surface area contributed by atoms with E-state index in [0.29, 0.717) is 37.6 Å².